The van der Waals surface area contributed by atoms with Gasteiger partial charge in [-0.3, -0.25) is 9.59 Å². The molecule has 0 spiro atoms. The zero-order chi connectivity index (χ0) is 21.7. The minimum Gasteiger partial charge on any atom is -0.497 e. The van der Waals surface area contributed by atoms with E-state index in [9.17, 15) is 22.8 Å². The molecule has 30 heavy (non-hydrogen) atoms. The summed E-state index contributed by atoms with van der Waals surface area (Å²) in [6.45, 7) is 1.37. The summed E-state index contributed by atoms with van der Waals surface area (Å²) < 4.78 is 43.8. The Hall–Kier alpha value is -3.03. The first-order valence-corrected chi connectivity index (χ1v) is 9.61. The highest BCUT2D eigenvalue weighted by atomic mass is 19.4. The highest BCUT2D eigenvalue weighted by molar-refractivity contribution is 5.81. The third-order valence-corrected chi connectivity index (χ3v) is 5.06. The lowest BCUT2D eigenvalue weighted by molar-refractivity contribution is -0.138. The van der Waals surface area contributed by atoms with Crippen LogP contribution >= 0.6 is 0 Å². The fraction of sp³-hybridized carbons (Fsp3) is 0.364. The summed E-state index contributed by atoms with van der Waals surface area (Å²) in [5, 5.41) is 0. The molecular weight excluding hydrogens is 397 g/mol. The minimum atomic E-state index is -4.45. The second-order valence-corrected chi connectivity index (χ2v) is 7.17. The van der Waals surface area contributed by atoms with Crippen LogP contribution in [0.1, 0.15) is 23.1 Å². The number of amides is 2. The van der Waals surface area contributed by atoms with Crippen LogP contribution in [0.4, 0.5) is 13.2 Å². The van der Waals surface area contributed by atoms with Crippen LogP contribution in [0.25, 0.3) is 0 Å². The van der Waals surface area contributed by atoms with Gasteiger partial charge in [-0.05, 0) is 29.3 Å². The van der Waals surface area contributed by atoms with Crippen molar-refractivity contribution in [2.24, 2.45) is 0 Å². The zero-order valence-electron chi connectivity index (χ0n) is 16.6. The SMILES string of the molecule is COc1cccc(CN2CCN(C(=O)Cc3cccc(C(F)(F)F)c3)CCC2=O)c1. The summed E-state index contributed by atoms with van der Waals surface area (Å²) in [7, 11) is 1.57. The third kappa shape index (κ3) is 5.52. The number of ether oxygens (including phenoxy) is 1. The van der Waals surface area contributed by atoms with E-state index in [1.54, 1.807) is 16.9 Å². The van der Waals surface area contributed by atoms with Gasteiger partial charge in [0.1, 0.15) is 5.75 Å². The average Bonchev–Trinajstić information content (AvgIpc) is 2.90. The summed E-state index contributed by atoms with van der Waals surface area (Å²) >= 11 is 0. The lowest BCUT2D eigenvalue weighted by Crippen LogP contribution is -2.36. The Morgan fingerprint density at radius 3 is 2.50 bits per heavy atom. The van der Waals surface area contributed by atoms with E-state index in [1.165, 1.54) is 12.1 Å². The predicted molar refractivity (Wildman–Crippen MR) is 105 cm³/mol. The molecule has 2 aromatic rings. The van der Waals surface area contributed by atoms with Crippen LogP contribution in [-0.2, 0) is 28.7 Å². The highest BCUT2D eigenvalue weighted by Gasteiger charge is 2.31. The van der Waals surface area contributed by atoms with Gasteiger partial charge in [-0.2, -0.15) is 13.2 Å². The molecule has 1 aliphatic rings. The molecule has 0 aromatic heterocycles. The van der Waals surface area contributed by atoms with Crippen molar-refractivity contribution in [3.63, 3.8) is 0 Å². The second-order valence-electron chi connectivity index (χ2n) is 7.17. The van der Waals surface area contributed by atoms with Gasteiger partial charge >= 0.3 is 6.18 Å². The van der Waals surface area contributed by atoms with Gasteiger partial charge in [0.25, 0.3) is 0 Å². The smallest absolute Gasteiger partial charge is 0.416 e. The normalized spacial score (nSPS) is 15.1. The molecule has 160 valence electrons. The maximum Gasteiger partial charge on any atom is 0.416 e. The fourth-order valence-electron chi connectivity index (χ4n) is 3.42. The van der Waals surface area contributed by atoms with E-state index in [4.69, 9.17) is 4.74 Å². The first-order valence-electron chi connectivity index (χ1n) is 9.61. The van der Waals surface area contributed by atoms with E-state index < -0.39 is 11.7 Å². The van der Waals surface area contributed by atoms with Crippen LogP contribution in [-0.4, -0.2) is 48.4 Å². The molecule has 8 heteroatoms. The Morgan fingerprint density at radius 1 is 1.03 bits per heavy atom. The predicted octanol–water partition coefficient (Wildman–Crippen LogP) is 3.52. The molecule has 5 nitrogen and oxygen atoms in total. The Morgan fingerprint density at radius 2 is 1.77 bits per heavy atom. The Bertz CT molecular complexity index is 914. The molecule has 0 radical (unpaired) electrons. The summed E-state index contributed by atoms with van der Waals surface area (Å²) in [5.74, 6) is 0.352. The van der Waals surface area contributed by atoms with E-state index in [0.717, 1.165) is 17.7 Å². The first kappa shape index (κ1) is 21.7. The molecule has 2 aromatic carbocycles. The van der Waals surface area contributed by atoms with Gasteiger partial charge in [0.05, 0.1) is 19.1 Å². The lowest BCUT2D eigenvalue weighted by Gasteiger charge is -2.22. The molecule has 0 bridgehead atoms. The van der Waals surface area contributed by atoms with E-state index >= 15 is 0 Å². The van der Waals surface area contributed by atoms with Crippen molar-refractivity contribution in [3.05, 3.63) is 65.2 Å². The zero-order valence-corrected chi connectivity index (χ0v) is 16.6. The van der Waals surface area contributed by atoms with Gasteiger partial charge in [-0.15, -0.1) is 0 Å². The van der Waals surface area contributed by atoms with Gasteiger partial charge in [-0.1, -0.05) is 30.3 Å². The molecular formula is C22H23F3N2O3. The molecule has 0 saturated carbocycles. The molecule has 2 amide bonds. The number of hydrogen-bond acceptors (Lipinski definition) is 3. The average molecular weight is 420 g/mol. The van der Waals surface area contributed by atoms with E-state index in [2.05, 4.69) is 0 Å². The Kier molecular flexibility index (Phi) is 6.64. The topological polar surface area (TPSA) is 49.9 Å². The second kappa shape index (κ2) is 9.19. The molecule has 0 unspecified atom stereocenters. The number of benzene rings is 2. The van der Waals surface area contributed by atoms with Crippen molar-refractivity contribution in [1.82, 2.24) is 9.80 Å². The largest absolute Gasteiger partial charge is 0.497 e. The number of hydrogen-bond donors (Lipinski definition) is 0. The van der Waals surface area contributed by atoms with E-state index in [-0.39, 0.29) is 31.2 Å². The highest BCUT2D eigenvalue weighted by Crippen LogP contribution is 2.29. The molecule has 1 heterocycles. The molecule has 0 atom stereocenters. The molecule has 1 fully saturated rings. The fourth-order valence-corrected chi connectivity index (χ4v) is 3.42. The van der Waals surface area contributed by atoms with Crippen LogP contribution < -0.4 is 4.74 Å². The Labute approximate surface area is 173 Å². The number of alkyl halides is 3. The van der Waals surface area contributed by atoms with Gasteiger partial charge < -0.3 is 14.5 Å². The lowest BCUT2D eigenvalue weighted by atomic mass is 10.1. The van der Waals surface area contributed by atoms with E-state index in [0.29, 0.717) is 30.9 Å². The maximum absolute atomic E-state index is 12.9. The van der Waals surface area contributed by atoms with Crippen molar-refractivity contribution >= 4 is 11.8 Å². The number of carbonyl (C=O) groups excluding carboxylic acids is 2. The van der Waals surface area contributed by atoms with Gasteiger partial charge in [0.2, 0.25) is 11.8 Å². The van der Waals surface area contributed by atoms with Crippen molar-refractivity contribution in [2.45, 2.75) is 25.6 Å². The van der Waals surface area contributed by atoms with Crippen molar-refractivity contribution in [1.29, 1.82) is 0 Å². The molecule has 1 aliphatic heterocycles. The number of halogens is 3. The minimum absolute atomic E-state index is 0.0628. The number of methoxy groups -OCH3 is 1. The number of carbonyl (C=O) groups is 2. The quantitative estimate of drug-likeness (QED) is 0.744. The monoisotopic (exact) mass is 420 g/mol. The van der Waals surface area contributed by atoms with Crippen molar-refractivity contribution in [3.8, 4) is 5.75 Å². The van der Waals surface area contributed by atoms with Crippen molar-refractivity contribution < 1.29 is 27.5 Å². The van der Waals surface area contributed by atoms with Crippen LogP contribution in [0.2, 0.25) is 0 Å². The molecule has 3 rings (SSSR count). The maximum atomic E-state index is 12.9. The number of nitrogens with zero attached hydrogens (tertiary/aromatic N) is 2. The van der Waals surface area contributed by atoms with Gasteiger partial charge in [0, 0.05) is 32.6 Å². The summed E-state index contributed by atoms with van der Waals surface area (Å²) in [6, 6.07) is 12.2. The molecule has 0 aliphatic carbocycles. The van der Waals surface area contributed by atoms with E-state index in [1.807, 2.05) is 24.3 Å². The van der Waals surface area contributed by atoms with Gasteiger partial charge in [-0.25, -0.2) is 0 Å². The summed E-state index contributed by atoms with van der Waals surface area (Å²) in [4.78, 5) is 28.4. The van der Waals surface area contributed by atoms with Crippen LogP contribution in [0.3, 0.4) is 0 Å². The van der Waals surface area contributed by atoms with Gasteiger partial charge in [0.15, 0.2) is 0 Å². The van der Waals surface area contributed by atoms with Crippen LogP contribution in [0, 0.1) is 0 Å². The standard InChI is InChI=1S/C22H23F3N2O3/c1-30-19-7-3-5-17(13-19)15-27-11-10-26(9-8-20(27)28)21(29)14-16-4-2-6-18(12-16)22(23,24)25/h2-7,12-13H,8-11,14-15H2,1H3. The molecule has 1 saturated heterocycles. The van der Waals surface area contributed by atoms with Crippen LogP contribution in [0.15, 0.2) is 48.5 Å². The Balaban J connectivity index is 1.62. The van der Waals surface area contributed by atoms with Crippen LogP contribution in [0.5, 0.6) is 5.75 Å². The number of rotatable bonds is 5. The molecule has 0 N–H and O–H groups in total. The third-order valence-electron chi connectivity index (χ3n) is 5.06. The first-order chi connectivity index (χ1) is 14.3. The van der Waals surface area contributed by atoms with Crippen molar-refractivity contribution in [2.75, 3.05) is 26.7 Å². The summed E-state index contributed by atoms with van der Waals surface area (Å²) in [6.07, 6.45) is -4.40. The summed E-state index contributed by atoms with van der Waals surface area (Å²) in [5.41, 5.74) is 0.452.